The molecule has 280 valence electrons. The fourth-order valence-corrected chi connectivity index (χ4v) is 9.04. The van der Waals surface area contributed by atoms with E-state index in [0.717, 1.165) is 34.1 Å². The molecule has 0 N–H and O–H groups in total. The molecule has 58 heavy (non-hydrogen) atoms. The van der Waals surface area contributed by atoms with E-state index < -0.39 is 8.07 Å². The van der Waals surface area contributed by atoms with Crippen LogP contribution in [0.5, 0.6) is 0 Å². The molecule has 0 radical (unpaired) electrons. The van der Waals surface area contributed by atoms with Crippen molar-refractivity contribution in [3.8, 4) is 33.4 Å². The van der Waals surface area contributed by atoms with E-state index in [1.165, 1.54) is 49.3 Å². The normalized spacial score (nSPS) is 11.4. The van der Waals surface area contributed by atoms with Crippen LogP contribution < -0.4 is 15.0 Å². The van der Waals surface area contributed by atoms with Crippen LogP contribution >= 0.6 is 0 Å². The Labute approximate surface area is 344 Å². The molecular formula is C55H46N2Si. The Morgan fingerprint density at radius 1 is 0.293 bits per heavy atom. The minimum Gasteiger partial charge on any atom is -0.310 e. The largest absolute Gasteiger partial charge is 0.310 e. The van der Waals surface area contributed by atoms with Gasteiger partial charge in [0.05, 0.1) is 13.8 Å². The maximum absolute atomic E-state index is 2.40. The van der Waals surface area contributed by atoms with Crippen LogP contribution in [0, 0.1) is 0 Å². The first kappa shape index (κ1) is 36.7. The number of benzene rings is 9. The highest BCUT2D eigenvalue weighted by atomic mass is 28.3. The minimum atomic E-state index is -1.45. The summed E-state index contributed by atoms with van der Waals surface area (Å²) >= 11 is 0. The van der Waals surface area contributed by atoms with Gasteiger partial charge in [-0.3, -0.25) is 0 Å². The first-order valence-corrected chi connectivity index (χ1v) is 23.6. The number of fused-ring (bicyclic) bond motifs is 1. The van der Waals surface area contributed by atoms with Gasteiger partial charge in [-0.1, -0.05) is 183 Å². The quantitative estimate of drug-likeness (QED) is 0.128. The molecular weight excluding hydrogens is 717 g/mol. The van der Waals surface area contributed by atoms with Crippen LogP contribution in [0.2, 0.25) is 19.6 Å². The number of hydrogen-bond acceptors (Lipinski definition) is 2. The molecule has 0 amide bonds. The number of hydrogen-bond donors (Lipinski definition) is 0. The molecule has 0 aliphatic heterocycles. The summed E-state index contributed by atoms with van der Waals surface area (Å²) in [6, 6.07) is 81.3. The Morgan fingerprint density at radius 2 is 0.707 bits per heavy atom. The maximum atomic E-state index is 2.40. The summed E-state index contributed by atoms with van der Waals surface area (Å²) in [6.07, 6.45) is 0. The number of para-hydroxylation sites is 2. The van der Waals surface area contributed by atoms with Crippen LogP contribution in [0.4, 0.5) is 34.1 Å². The van der Waals surface area contributed by atoms with Gasteiger partial charge in [-0.25, -0.2) is 0 Å². The topological polar surface area (TPSA) is 6.48 Å². The summed E-state index contributed by atoms with van der Waals surface area (Å²) in [4.78, 5) is 4.72. The molecule has 0 saturated heterocycles. The summed E-state index contributed by atoms with van der Waals surface area (Å²) in [6.45, 7) is 7.21. The molecule has 0 heterocycles. The molecule has 0 saturated carbocycles. The average Bonchev–Trinajstić information content (AvgIpc) is 3.28. The van der Waals surface area contributed by atoms with Crippen LogP contribution in [-0.4, -0.2) is 8.07 Å². The van der Waals surface area contributed by atoms with Crippen molar-refractivity contribution in [2.75, 3.05) is 9.80 Å². The molecule has 0 spiro atoms. The van der Waals surface area contributed by atoms with Gasteiger partial charge in [-0.05, 0) is 105 Å². The summed E-state index contributed by atoms with van der Waals surface area (Å²) < 4.78 is 0. The second-order valence-corrected chi connectivity index (χ2v) is 21.0. The lowest BCUT2D eigenvalue weighted by Crippen LogP contribution is -2.37. The Bertz CT molecular complexity index is 2770. The van der Waals surface area contributed by atoms with Crippen molar-refractivity contribution in [1.82, 2.24) is 0 Å². The summed E-state index contributed by atoms with van der Waals surface area (Å²) in [5, 5.41) is 3.92. The van der Waals surface area contributed by atoms with Gasteiger partial charge in [0.15, 0.2) is 0 Å². The van der Waals surface area contributed by atoms with Crippen molar-refractivity contribution in [3.63, 3.8) is 0 Å². The van der Waals surface area contributed by atoms with E-state index in [4.69, 9.17) is 0 Å². The van der Waals surface area contributed by atoms with Crippen molar-refractivity contribution in [3.05, 3.63) is 224 Å². The zero-order valence-corrected chi connectivity index (χ0v) is 34.3. The van der Waals surface area contributed by atoms with Crippen molar-refractivity contribution in [1.29, 1.82) is 0 Å². The van der Waals surface area contributed by atoms with Crippen molar-refractivity contribution >= 4 is 58.2 Å². The predicted molar refractivity (Wildman–Crippen MR) is 253 cm³/mol. The van der Waals surface area contributed by atoms with E-state index in [1.54, 1.807) is 0 Å². The summed E-state index contributed by atoms with van der Waals surface area (Å²) in [5.74, 6) is 0. The van der Waals surface area contributed by atoms with E-state index in [2.05, 4.69) is 254 Å². The summed E-state index contributed by atoms with van der Waals surface area (Å²) in [7, 11) is -1.45. The van der Waals surface area contributed by atoms with Crippen LogP contribution in [0.3, 0.4) is 0 Å². The van der Waals surface area contributed by atoms with Gasteiger partial charge in [0.2, 0.25) is 0 Å². The van der Waals surface area contributed by atoms with Gasteiger partial charge in [0.1, 0.15) is 0 Å². The van der Waals surface area contributed by atoms with Gasteiger partial charge in [0, 0.05) is 34.0 Å². The highest BCUT2D eigenvalue weighted by Gasteiger charge is 2.20. The third kappa shape index (κ3) is 7.60. The molecule has 0 aliphatic rings. The van der Waals surface area contributed by atoms with Crippen LogP contribution in [0.25, 0.3) is 44.2 Å². The van der Waals surface area contributed by atoms with Crippen LogP contribution in [-0.2, 0) is 0 Å². The molecule has 0 fully saturated rings. The van der Waals surface area contributed by atoms with Crippen molar-refractivity contribution < 1.29 is 0 Å². The van der Waals surface area contributed by atoms with Crippen molar-refractivity contribution in [2.45, 2.75) is 19.6 Å². The molecule has 9 aromatic rings. The standard InChI is InChI=1S/C55H46N2Si/c1-58(2,3)53-38-36-51(37-39-53)57(55-21-13-12-20-54(55)46-15-6-4-7-16-46)50-33-28-45(29-34-50)43-24-22-42(23-25-43)44-26-31-49(32-27-44)56(48-18-8-5-9-19-48)52-35-30-41-14-10-11-17-47(41)40-52/h4-40H,1-3H3. The third-order valence-corrected chi connectivity index (χ3v) is 13.1. The van der Waals surface area contributed by atoms with Crippen LogP contribution in [0.15, 0.2) is 224 Å². The van der Waals surface area contributed by atoms with E-state index >= 15 is 0 Å². The van der Waals surface area contributed by atoms with Crippen molar-refractivity contribution in [2.24, 2.45) is 0 Å². The lowest BCUT2D eigenvalue weighted by molar-refractivity contribution is 1.28. The second-order valence-electron chi connectivity index (χ2n) is 15.9. The summed E-state index contributed by atoms with van der Waals surface area (Å²) in [5.41, 5.74) is 14.0. The first-order valence-electron chi connectivity index (χ1n) is 20.1. The first-order chi connectivity index (χ1) is 28.4. The smallest absolute Gasteiger partial charge is 0.0775 e. The highest BCUT2D eigenvalue weighted by Crippen LogP contribution is 2.42. The second kappa shape index (κ2) is 15.9. The van der Waals surface area contributed by atoms with E-state index in [0.29, 0.717) is 0 Å². The number of nitrogens with zero attached hydrogens (tertiary/aromatic N) is 2. The molecule has 0 atom stereocenters. The van der Waals surface area contributed by atoms with Gasteiger partial charge in [0.25, 0.3) is 0 Å². The molecule has 0 aliphatic carbocycles. The maximum Gasteiger partial charge on any atom is 0.0775 e. The number of rotatable bonds is 10. The van der Waals surface area contributed by atoms with Gasteiger partial charge in [-0.2, -0.15) is 0 Å². The van der Waals surface area contributed by atoms with Gasteiger partial charge >= 0.3 is 0 Å². The van der Waals surface area contributed by atoms with Gasteiger partial charge < -0.3 is 9.80 Å². The lowest BCUT2D eigenvalue weighted by atomic mass is 9.99. The minimum absolute atomic E-state index is 1.12. The molecule has 0 aromatic heterocycles. The molecule has 9 aromatic carbocycles. The predicted octanol–water partition coefficient (Wildman–Crippen LogP) is 15.3. The molecule has 0 bridgehead atoms. The molecule has 2 nitrogen and oxygen atoms in total. The fraction of sp³-hybridized carbons (Fsp3) is 0.0545. The lowest BCUT2D eigenvalue weighted by Gasteiger charge is -2.29. The Kier molecular flexibility index (Phi) is 10.1. The van der Waals surface area contributed by atoms with Crippen LogP contribution in [0.1, 0.15) is 0 Å². The third-order valence-electron chi connectivity index (χ3n) is 11.0. The number of anilines is 6. The molecule has 3 heteroatoms. The molecule has 0 unspecified atom stereocenters. The Morgan fingerprint density at radius 3 is 1.28 bits per heavy atom. The van der Waals surface area contributed by atoms with E-state index in [1.807, 2.05) is 0 Å². The average molecular weight is 763 g/mol. The SMILES string of the molecule is C[Si](C)(C)c1ccc(N(c2ccc(-c3ccc(-c4ccc(N(c5ccccc5)c5ccc6ccccc6c5)cc4)cc3)cc2)c2ccccc2-c2ccccc2)cc1. The zero-order valence-electron chi connectivity index (χ0n) is 33.3. The zero-order chi connectivity index (χ0) is 39.5. The molecule has 9 rings (SSSR count). The Balaban J connectivity index is 0.998. The Hall–Kier alpha value is -6.94. The van der Waals surface area contributed by atoms with E-state index in [-0.39, 0.29) is 0 Å². The van der Waals surface area contributed by atoms with E-state index in [9.17, 15) is 0 Å². The fourth-order valence-electron chi connectivity index (χ4n) is 7.87. The van der Waals surface area contributed by atoms with Gasteiger partial charge in [-0.15, -0.1) is 0 Å². The monoisotopic (exact) mass is 762 g/mol. The highest BCUT2D eigenvalue weighted by molar-refractivity contribution is 6.88.